The molecule has 1 saturated heterocycles. The van der Waals surface area contributed by atoms with Crippen LogP contribution in [-0.4, -0.2) is 21.8 Å². The van der Waals surface area contributed by atoms with Crippen molar-refractivity contribution in [2.45, 2.75) is 19.6 Å². The fraction of sp³-hybridized carbons (Fsp3) is 0.100. The Morgan fingerprint density at radius 3 is 2.38 bits per heavy atom. The molecule has 37 heavy (non-hydrogen) atoms. The number of ether oxygens (including phenoxy) is 1. The van der Waals surface area contributed by atoms with Gasteiger partial charge in [0, 0.05) is 22.5 Å². The van der Waals surface area contributed by atoms with Crippen molar-refractivity contribution in [3.05, 3.63) is 130 Å². The zero-order chi connectivity index (χ0) is 25.9. The minimum absolute atomic E-state index is 0.0315. The molecule has 1 unspecified atom stereocenters. The van der Waals surface area contributed by atoms with E-state index in [1.54, 1.807) is 66.9 Å². The molecule has 1 aliphatic rings. The van der Waals surface area contributed by atoms with Crippen LogP contribution >= 0.6 is 11.6 Å². The maximum absolute atomic E-state index is 13.3. The van der Waals surface area contributed by atoms with Crippen molar-refractivity contribution in [1.29, 1.82) is 0 Å². The van der Waals surface area contributed by atoms with Gasteiger partial charge in [0.05, 0.1) is 11.3 Å². The van der Waals surface area contributed by atoms with Gasteiger partial charge in [-0.2, -0.15) is 0 Å². The van der Waals surface area contributed by atoms with Crippen molar-refractivity contribution >= 4 is 34.7 Å². The number of amides is 1. The second-order valence-electron chi connectivity index (χ2n) is 8.65. The van der Waals surface area contributed by atoms with E-state index in [1.807, 2.05) is 37.3 Å². The number of hydrogen-bond donors (Lipinski definition) is 1. The number of nitrogens with zero attached hydrogens (tertiary/aromatic N) is 2. The molecule has 1 amide bonds. The van der Waals surface area contributed by atoms with E-state index < -0.39 is 17.7 Å². The van der Waals surface area contributed by atoms with Gasteiger partial charge < -0.3 is 9.84 Å². The Hall–Kier alpha value is -4.42. The third-order valence-electron chi connectivity index (χ3n) is 6.20. The van der Waals surface area contributed by atoms with E-state index in [9.17, 15) is 14.7 Å². The van der Waals surface area contributed by atoms with Crippen LogP contribution in [0.25, 0.3) is 5.76 Å². The number of aliphatic hydroxyl groups is 1. The number of aryl methyl sites for hydroxylation is 1. The molecule has 1 aliphatic heterocycles. The van der Waals surface area contributed by atoms with E-state index in [1.165, 1.54) is 4.90 Å². The molecular weight excluding hydrogens is 488 g/mol. The summed E-state index contributed by atoms with van der Waals surface area (Å²) in [5.41, 5.74) is 3.11. The molecule has 0 spiro atoms. The minimum Gasteiger partial charge on any atom is -0.507 e. The second kappa shape index (κ2) is 10.3. The molecular formula is C30H23ClN2O4. The van der Waals surface area contributed by atoms with E-state index in [0.29, 0.717) is 34.3 Å². The number of carbonyl (C=O) groups is 2. The molecule has 0 radical (unpaired) electrons. The molecule has 0 aliphatic carbocycles. The van der Waals surface area contributed by atoms with Gasteiger partial charge in [-0.05, 0) is 72.6 Å². The molecule has 0 bridgehead atoms. The van der Waals surface area contributed by atoms with Crippen LogP contribution in [0.3, 0.4) is 0 Å². The summed E-state index contributed by atoms with van der Waals surface area (Å²) in [6, 6.07) is 25.9. The number of Topliss-reactive ketones (excluding diaryl/α,β-unsaturated/α-hetero) is 1. The molecule has 4 aromatic rings. The van der Waals surface area contributed by atoms with E-state index in [4.69, 9.17) is 16.3 Å². The molecule has 1 N–H and O–H groups in total. The average molecular weight is 511 g/mol. The third kappa shape index (κ3) is 4.84. The summed E-state index contributed by atoms with van der Waals surface area (Å²) in [6.45, 7) is 2.26. The molecule has 3 aromatic carbocycles. The van der Waals surface area contributed by atoms with Crippen LogP contribution in [0.1, 0.15) is 28.4 Å². The largest absolute Gasteiger partial charge is 0.507 e. The molecule has 7 heteroatoms. The first-order valence-electron chi connectivity index (χ1n) is 11.7. The predicted octanol–water partition coefficient (Wildman–Crippen LogP) is 6.25. The number of ketones is 1. The molecule has 0 saturated carbocycles. The number of aliphatic hydroxyl groups excluding tert-OH is 1. The van der Waals surface area contributed by atoms with E-state index in [2.05, 4.69) is 4.98 Å². The Bertz CT molecular complexity index is 1490. The highest BCUT2D eigenvalue weighted by Crippen LogP contribution is 2.42. The van der Waals surface area contributed by atoms with Crippen molar-refractivity contribution in [3.8, 4) is 5.75 Å². The minimum atomic E-state index is -0.906. The van der Waals surface area contributed by atoms with Crippen molar-refractivity contribution in [3.63, 3.8) is 0 Å². The van der Waals surface area contributed by atoms with E-state index >= 15 is 0 Å². The summed E-state index contributed by atoms with van der Waals surface area (Å²) in [6.07, 6.45) is 1.58. The quantitative estimate of drug-likeness (QED) is 0.188. The normalized spacial score (nSPS) is 16.7. The number of anilines is 1. The van der Waals surface area contributed by atoms with Crippen molar-refractivity contribution < 1.29 is 19.4 Å². The summed E-state index contributed by atoms with van der Waals surface area (Å²) >= 11 is 6.04. The number of rotatable bonds is 6. The SMILES string of the molecule is Cc1cc(/C(O)=C2/C(=O)C(=O)N(c3ccc(Cl)cc3)C2c2ccccn2)ccc1OCc1ccccc1. The van der Waals surface area contributed by atoms with Gasteiger partial charge in [-0.25, -0.2) is 0 Å². The van der Waals surface area contributed by atoms with Crippen LogP contribution in [0, 0.1) is 6.92 Å². The highest BCUT2D eigenvalue weighted by molar-refractivity contribution is 6.51. The number of benzene rings is 3. The number of carbonyl (C=O) groups excluding carboxylic acids is 2. The monoisotopic (exact) mass is 510 g/mol. The van der Waals surface area contributed by atoms with E-state index in [-0.39, 0.29) is 11.3 Å². The Kier molecular flexibility index (Phi) is 6.75. The van der Waals surface area contributed by atoms with Gasteiger partial charge in [0.25, 0.3) is 11.7 Å². The van der Waals surface area contributed by atoms with Crippen LogP contribution < -0.4 is 9.64 Å². The summed E-state index contributed by atoms with van der Waals surface area (Å²) in [5.74, 6) is -1.16. The van der Waals surface area contributed by atoms with Crippen molar-refractivity contribution in [2.24, 2.45) is 0 Å². The molecule has 5 rings (SSSR count). The third-order valence-corrected chi connectivity index (χ3v) is 6.45. The number of aromatic nitrogens is 1. The number of halogens is 1. The van der Waals surface area contributed by atoms with Gasteiger partial charge in [-0.3, -0.25) is 19.5 Å². The van der Waals surface area contributed by atoms with Crippen molar-refractivity contribution in [1.82, 2.24) is 4.98 Å². The first kappa shape index (κ1) is 24.3. The Morgan fingerprint density at radius 2 is 1.70 bits per heavy atom. The highest BCUT2D eigenvalue weighted by Gasteiger charge is 2.47. The molecule has 1 atom stereocenters. The van der Waals surface area contributed by atoms with Crippen LogP contribution in [0.5, 0.6) is 5.75 Å². The fourth-order valence-electron chi connectivity index (χ4n) is 4.37. The smallest absolute Gasteiger partial charge is 0.300 e. The summed E-state index contributed by atoms with van der Waals surface area (Å²) in [4.78, 5) is 32.2. The molecule has 2 heterocycles. The van der Waals surface area contributed by atoms with Crippen molar-refractivity contribution in [2.75, 3.05) is 4.90 Å². The average Bonchev–Trinajstić information content (AvgIpc) is 3.19. The number of pyridine rings is 1. The maximum Gasteiger partial charge on any atom is 0.300 e. The first-order chi connectivity index (χ1) is 17.9. The fourth-order valence-corrected chi connectivity index (χ4v) is 4.49. The standard InChI is InChI=1S/C30H23ClN2O4/c1-19-17-21(10-15-25(19)37-18-20-7-3-2-4-8-20)28(34)26-27(24-9-5-6-16-32-24)33(30(36)29(26)35)23-13-11-22(31)12-14-23/h2-17,27,34H,18H2,1H3/b28-26-. The Morgan fingerprint density at radius 1 is 0.973 bits per heavy atom. The highest BCUT2D eigenvalue weighted by atomic mass is 35.5. The lowest BCUT2D eigenvalue weighted by Gasteiger charge is -2.24. The molecule has 6 nitrogen and oxygen atoms in total. The van der Waals surface area contributed by atoms with Crippen LogP contribution in [0.2, 0.25) is 5.02 Å². The Balaban J connectivity index is 1.54. The first-order valence-corrected chi connectivity index (χ1v) is 12.1. The van der Waals surface area contributed by atoms with E-state index in [0.717, 1.165) is 11.1 Å². The summed E-state index contributed by atoms with van der Waals surface area (Å²) in [5, 5.41) is 11.9. The zero-order valence-electron chi connectivity index (χ0n) is 20.0. The molecule has 1 fully saturated rings. The zero-order valence-corrected chi connectivity index (χ0v) is 20.7. The predicted molar refractivity (Wildman–Crippen MR) is 142 cm³/mol. The maximum atomic E-state index is 13.3. The summed E-state index contributed by atoms with van der Waals surface area (Å²) in [7, 11) is 0. The van der Waals surface area contributed by atoms with Gasteiger partial charge in [-0.15, -0.1) is 0 Å². The second-order valence-corrected chi connectivity index (χ2v) is 9.09. The lowest BCUT2D eigenvalue weighted by atomic mass is 9.97. The van der Waals surface area contributed by atoms with Gasteiger partial charge in [0.15, 0.2) is 0 Å². The van der Waals surface area contributed by atoms with Crippen LogP contribution in [-0.2, 0) is 16.2 Å². The van der Waals surface area contributed by atoms with Crippen LogP contribution in [0.15, 0.2) is 103 Å². The Labute approximate surface area is 219 Å². The van der Waals surface area contributed by atoms with Gasteiger partial charge in [0.2, 0.25) is 0 Å². The summed E-state index contributed by atoms with van der Waals surface area (Å²) < 4.78 is 5.95. The lowest BCUT2D eigenvalue weighted by Crippen LogP contribution is -2.29. The molecule has 1 aromatic heterocycles. The van der Waals surface area contributed by atoms with Gasteiger partial charge in [0.1, 0.15) is 24.2 Å². The van der Waals surface area contributed by atoms with Gasteiger partial charge >= 0.3 is 0 Å². The lowest BCUT2D eigenvalue weighted by molar-refractivity contribution is -0.132. The number of hydrogen-bond acceptors (Lipinski definition) is 5. The molecule has 184 valence electrons. The topological polar surface area (TPSA) is 79.7 Å². The van der Waals surface area contributed by atoms with Crippen LogP contribution in [0.4, 0.5) is 5.69 Å². The van der Waals surface area contributed by atoms with Gasteiger partial charge in [-0.1, -0.05) is 48.0 Å².